The summed E-state index contributed by atoms with van der Waals surface area (Å²) < 4.78 is 18.3. The predicted octanol–water partition coefficient (Wildman–Crippen LogP) is 2.67. The number of para-hydroxylation sites is 1. The highest BCUT2D eigenvalue weighted by atomic mass is 19.1. The van der Waals surface area contributed by atoms with Gasteiger partial charge in [0.05, 0.1) is 19.8 Å². The Morgan fingerprint density at radius 3 is 2.58 bits per heavy atom. The Labute approximate surface area is 153 Å². The third-order valence-electron chi connectivity index (χ3n) is 3.90. The summed E-state index contributed by atoms with van der Waals surface area (Å²) in [6, 6.07) is 13.7. The summed E-state index contributed by atoms with van der Waals surface area (Å²) in [6.45, 7) is 3.56. The summed E-state index contributed by atoms with van der Waals surface area (Å²) in [6.07, 6.45) is 0.00913. The predicted molar refractivity (Wildman–Crippen MR) is 102 cm³/mol. The van der Waals surface area contributed by atoms with Crippen molar-refractivity contribution in [2.45, 2.75) is 19.4 Å². The number of hydrogen-bond donors (Lipinski definition) is 3. The zero-order valence-corrected chi connectivity index (χ0v) is 15.2. The molecule has 1 unspecified atom stereocenters. The third kappa shape index (κ3) is 6.04. The number of methoxy groups -OCH3 is 1. The molecule has 0 bridgehead atoms. The van der Waals surface area contributed by atoms with Gasteiger partial charge < -0.3 is 20.5 Å². The second kappa shape index (κ2) is 10.4. The average Bonchev–Trinajstić information content (AvgIpc) is 2.66. The first kappa shape index (κ1) is 19.7. The molecule has 1 atom stereocenters. The van der Waals surface area contributed by atoms with Crippen molar-refractivity contribution in [3.63, 3.8) is 0 Å². The molecule has 0 radical (unpaired) electrons. The van der Waals surface area contributed by atoms with Gasteiger partial charge in [0, 0.05) is 13.1 Å². The van der Waals surface area contributed by atoms with Crippen LogP contribution < -0.4 is 15.4 Å². The standard InChI is InChI=1S/C20H26FN3O2/c1-3-22-20(23-13-12-16-6-4-5-7-19(16)26-2)24-14-18(25)15-8-10-17(21)11-9-15/h4-11,18,25H,3,12-14H2,1-2H3,(H2,22,23,24). The topological polar surface area (TPSA) is 65.9 Å². The molecule has 0 spiro atoms. The van der Waals surface area contributed by atoms with Crippen molar-refractivity contribution in [1.82, 2.24) is 10.6 Å². The number of ether oxygens (including phenoxy) is 1. The van der Waals surface area contributed by atoms with Crippen molar-refractivity contribution in [1.29, 1.82) is 0 Å². The molecule has 3 N–H and O–H groups in total. The molecule has 0 aliphatic heterocycles. The zero-order valence-electron chi connectivity index (χ0n) is 15.2. The van der Waals surface area contributed by atoms with Crippen LogP contribution in [-0.2, 0) is 6.42 Å². The van der Waals surface area contributed by atoms with E-state index in [4.69, 9.17) is 4.74 Å². The number of aliphatic imine (C=N–C) groups is 1. The van der Waals surface area contributed by atoms with E-state index in [1.165, 1.54) is 12.1 Å². The van der Waals surface area contributed by atoms with Gasteiger partial charge in [-0.2, -0.15) is 0 Å². The fourth-order valence-electron chi connectivity index (χ4n) is 2.53. The minimum atomic E-state index is -0.778. The first-order valence-corrected chi connectivity index (χ1v) is 8.71. The Balaban J connectivity index is 1.90. The maximum Gasteiger partial charge on any atom is 0.191 e. The molecular weight excluding hydrogens is 333 g/mol. The highest BCUT2D eigenvalue weighted by Crippen LogP contribution is 2.17. The molecule has 0 aromatic heterocycles. The SMILES string of the molecule is CCNC(=NCC(O)c1ccc(F)cc1)NCCc1ccccc1OC. The lowest BCUT2D eigenvalue weighted by atomic mass is 10.1. The van der Waals surface area contributed by atoms with Crippen molar-refractivity contribution in [3.8, 4) is 5.75 Å². The molecule has 6 heteroatoms. The van der Waals surface area contributed by atoms with Crippen molar-refractivity contribution in [2.75, 3.05) is 26.7 Å². The number of aliphatic hydroxyl groups excluding tert-OH is 1. The Kier molecular flexibility index (Phi) is 7.89. The van der Waals surface area contributed by atoms with Gasteiger partial charge in [0.15, 0.2) is 5.96 Å². The van der Waals surface area contributed by atoms with Gasteiger partial charge >= 0.3 is 0 Å². The molecule has 0 amide bonds. The van der Waals surface area contributed by atoms with E-state index in [9.17, 15) is 9.50 Å². The van der Waals surface area contributed by atoms with Crippen molar-refractivity contribution in [2.24, 2.45) is 4.99 Å². The smallest absolute Gasteiger partial charge is 0.191 e. The average molecular weight is 359 g/mol. The molecule has 0 aliphatic carbocycles. The van der Waals surface area contributed by atoms with E-state index in [0.717, 1.165) is 17.7 Å². The quantitative estimate of drug-likeness (QED) is 0.501. The Bertz CT molecular complexity index is 704. The van der Waals surface area contributed by atoms with Crippen molar-refractivity contribution in [3.05, 3.63) is 65.5 Å². The number of aliphatic hydroxyl groups is 1. The van der Waals surface area contributed by atoms with E-state index < -0.39 is 6.10 Å². The molecule has 0 fully saturated rings. The minimum Gasteiger partial charge on any atom is -0.496 e. The van der Waals surface area contributed by atoms with Crippen LogP contribution >= 0.6 is 0 Å². The first-order valence-electron chi connectivity index (χ1n) is 8.71. The largest absolute Gasteiger partial charge is 0.496 e. The van der Waals surface area contributed by atoms with E-state index in [-0.39, 0.29) is 12.4 Å². The second-order valence-electron chi connectivity index (χ2n) is 5.78. The lowest BCUT2D eigenvalue weighted by molar-refractivity contribution is 0.187. The molecule has 0 heterocycles. The summed E-state index contributed by atoms with van der Waals surface area (Å²) in [5, 5.41) is 16.6. The van der Waals surface area contributed by atoms with Crippen LogP contribution in [0.15, 0.2) is 53.5 Å². The lowest BCUT2D eigenvalue weighted by Crippen LogP contribution is -2.38. The fraction of sp³-hybridized carbons (Fsp3) is 0.350. The van der Waals surface area contributed by atoms with Crippen LogP contribution in [0.3, 0.4) is 0 Å². The van der Waals surface area contributed by atoms with Gasteiger partial charge in [-0.1, -0.05) is 30.3 Å². The van der Waals surface area contributed by atoms with E-state index >= 15 is 0 Å². The van der Waals surface area contributed by atoms with Gasteiger partial charge in [-0.25, -0.2) is 4.39 Å². The third-order valence-corrected chi connectivity index (χ3v) is 3.90. The Hall–Kier alpha value is -2.60. The lowest BCUT2D eigenvalue weighted by Gasteiger charge is -2.14. The molecule has 2 rings (SSSR count). The number of nitrogens with one attached hydrogen (secondary N) is 2. The fourth-order valence-corrected chi connectivity index (χ4v) is 2.53. The maximum atomic E-state index is 13.0. The van der Waals surface area contributed by atoms with E-state index in [2.05, 4.69) is 15.6 Å². The van der Waals surface area contributed by atoms with Gasteiger partial charge in [0.2, 0.25) is 0 Å². The Morgan fingerprint density at radius 2 is 1.88 bits per heavy atom. The molecule has 0 aliphatic rings. The molecule has 2 aromatic rings. The van der Waals surface area contributed by atoms with Crippen LogP contribution in [0.4, 0.5) is 4.39 Å². The van der Waals surface area contributed by atoms with Crippen LogP contribution in [0.1, 0.15) is 24.2 Å². The van der Waals surface area contributed by atoms with Crippen LogP contribution in [0.2, 0.25) is 0 Å². The zero-order chi connectivity index (χ0) is 18.8. The number of guanidine groups is 1. The molecule has 140 valence electrons. The molecule has 2 aromatic carbocycles. The van der Waals surface area contributed by atoms with Gasteiger partial charge in [0.1, 0.15) is 11.6 Å². The van der Waals surface area contributed by atoms with Gasteiger partial charge in [-0.05, 0) is 42.7 Å². The normalized spacial score (nSPS) is 12.5. The summed E-state index contributed by atoms with van der Waals surface area (Å²) in [5.41, 5.74) is 1.75. The number of halogens is 1. The monoisotopic (exact) mass is 359 g/mol. The summed E-state index contributed by atoms with van der Waals surface area (Å²) in [4.78, 5) is 4.41. The maximum absolute atomic E-state index is 13.0. The summed E-state index contributed by atoms with van der Waals surface area (Å²) in [7, 11) is 1.66. The molecule has 5 nitrogen and oxygen atoms in total. The van der Waals surface area contributed by atoms with Crippen LogP contribution in [0.5, 0.6) is 5.75 Å². The van der Waals surface area contributed by atoms with E-state index in [1.54, 1.807) is 19.2 Å². The second-order valence-corrected chi connectivity index (χ2v) is 5.78. The van der Waals surface area contributed by atoms with Crippen LogP contribution in [0.25, 0.3) is 0 Å². The van der Waals surface area contributed by atoms with Gasteiger partial charge in [0.25, 0.3) is 0 Å². The number of nitrogens with zero attached hydrogens (tertiary/aromatic N) is 1. The van der Waals surface area contributed by atoms with Gasteiger partial charge in [-0.15, -0.1) is 0 Å². The first-order chi connectivity index (χ1) is 12.6. The van der Waals surface area contributed by atoms with E-state index in [1.807, 2.05) is 31.2 Å². The molecule has 26 heavy (non-hydrogen) atoms. The van der Waals surface area contributed by atoms with Gasteiger partial charge in [-0.3, -0.25) is 4.99 Å². The number of benzene rings is 2. The summed E-state index contributed by atoms with van der Waals surface area (Å²) >= 11 is 0. The van der Waals surface area contributed by atoms with Crippen LogP contribution in [0, 0.1) is 5.82 Å². The molecule has 0 saturated heterocycles. The van der Waals surface area contributed by atoms with Crippen molar-refractivity contribution < 1.29 is 14.2 Å². The number of hydrogen-bond acceptors (Lipinski definition) is 3. The van der Waals surface area contributed by atoms with E-state index in [0.29, 0.717) is 24.6 Å². The molecular formula is C20H26FN3O2. The summed E-state index contributed by atoms with van der Waals surface area (Å²) in [5.74, 6) is 1.17. The minimum absolute atomic E-state index is 0.190. The number of rotatable bonds is 8. The highest BCUT2D eigenvalue weighted by molar-refractivity contribution is 5.79. The molecule has 0 saturated carbocycles. The highest BCUT2D eigenvalue weighted by Gasteiger charge is 2.08. The van der Waals surface area contributed by atoms with Crippen molar-refractivity contribution >= 4 is 5.96 Å². The van der Waals surface area contributed by atoms with Crippen LogP contribution in [-0.4, -0.2) is 37.8 Å². The Morgan fingerprint density at radius 1 is 1.15 bits per heavy atom.